The van der Waals surface area contributed by atoms with Crippen LogP contribution in [0.5, 0.6) is 0 Å². The fourth-order valence-electron chi connectivity index (χ4n) is 1.92. The number of thiocarbonyl (C=S) groups is 1. The van der Waals surface area contributed by atoms with Crippen LogP contribution < -0.4 is 5.73 Å². The molecule has 0 amide bonds. The van der Waals surface area contributed by atoms with E-state index in [2.05, 4.69) is 0 Å². The highest BCUT2D eigenvalue weighted by molar-refractivity contribution is 7.89. The highest BCUT2D eigenvalue weighted by atomic mass is 35.5. The molecular formula is C11H13ClN2O2S2. The van der Waals surface area contributed by atoms with Gasteiger partial charge in [-0.3, -0.25) is 0 Å². The number of hydrogen-bond donors (Lipinski definition) is 1. The van der Waals surface area contributed by atoms with Crippen molar-refractivity contribution in [2.24, 2.45) is 5.73 Å². The Labute approximate surface area is 117 Å². The van der Waals surface area contributed by atoms with Gasteiger partial charge < -0.3 is 5.73 Å². The quantitative estimate of drug-likeness (QED) is 0.864. The Bertz CT molecular complexity index is 581. The van der Waals surface area contributed by atoms with Gasteiger partial charge in [-0.2, -0.15) is 4.31 Å². The van der Waals surface area contributed by atoms with Crippen LogP contribution in [0.25, 0.3) is 0 Å². The van der Waals surface area contributed by atoms with Crippen LogP contribution in [0.3, 0.4) is 0 Å². The maximum Gasteiger partial charge on any atom is 0.244 e. The number of rotatable bonds is 3. The Morgan fingerprint density at radius 3 is 2.50 bits per heavy atom. The zero-order chi connectivity index (χ0) is 13.3. The number of benzene rings is 1. The monoisotopic (exact) mass is 304 g/mol. The first-order valence-electron chi connectivity index (χ1n) is 5.52. The zero-order valence-electron chi connectivity index (χ0n) is 9.60. The van der Waals surface area contributed by atoms with Gasteiger partial charge in [-0.15, -0.1) is 0 Å². The molecule has 2 N–H and O–H groups in total. The Morgan fingerprint density at radius 2 is 1.94 bits per heavy atom. The standard InChI is InChI=1S/C11H13ClN2O2S2/c12-9-4-3-8(11(13)17)7-10(9)18(15,16)14-5-1-2-6-14/h3-4,7H,1-2,5-6H2,(H2,13,17). The third kappa shape index (κ3) is 2.51. The predicted octanol–water partition coefficient (Wildman–Crippen LogP) is 1.76. The SMILES string of the molecule is NC(=S)c1ccc(Cl)c(S(=O)(=O)N2CCCC2)c1. The van der Waals surface area contributed by atoms with E-state index in [9.17, 15) is 8.42 Å². The molecule has 1 aliphatic heterocycles. The summed E-state index contributed by atoms with van der Waals surface area (Å²) >= 11 is 10.8. The summed E-state index contributed by atoms with van der Waals surface area (Å²) in [5, 5.41) is 0.196. The van der Waals surface area contributed by atoms with Gasteiger partial charge >= 0.3 is 0 Å². The van der Waals surface area contributed by atoms with Crippen molar-refractivity contribution in [1.29, 1.82) is 0 Å². The summed E-state index contributed by atoms with van der Waals surface area (Å²) in [4.78, 5) is 0.237. The molecule has 1 saturated heterocycles. The molecule has 1 aliphatic rings. The number of nitrogens with zero attached hydrogens (tertiary/aromatic N) is 1. The molecule has 0 unspecified atom stereocenters. The number of nitrogens with two attached hydrogens (primary N) is 1. The molecule has 0 bridgehead atoms. The lowest BCUT2D eigenvalue weighted by atomic mass is 10.2. The molecule has 0 atom stereocenters. The molecule has 7 heteroatoms. The van der Waals surface area contributed by atoms with Gasteiger partial charge in [-0.05, 0) is 25.0 Å². The molecule has 98 valence electrons. The zero-order valence-corrected chi connectivity index (χ0v) is 12.0. The van der Waals surface area contributed by atoms with Crippen LogP contribution in [0.15, 0.2) is 23.1 Å². The molecule has 0 saturated carbocycles. The van der Waals surface area contributed by atoms with E-state index in [1.54, 1.807) is 6.07 Å². The van der Waals surface area contributed by atoms with Crippen molar-refractivity contribution >= 4 is 38.8 Å². The first-order valence-corrected chi connectivity index (χ1v) is 7.75. The van der Waals surface area contributed by atoms with Crippen LogP contribution >= 0.6 is 23.8 Å². The van der Waals surface area contributed by atoms with E-state index in [1.165, 1.54) is 16.4 Å². The summed E-state index contributed by atoms with van der Waals surface area (Å²) in [6.07, 6.45) is 1.76. The van der Waals surface area contributed by atoms with E-state index in [-0.39, 0.29) is 14.9 Å². The van der Waals surface area contributed by atoms with Gasteiger partial charge in [0.25, 0.3) is 0 Å². The molecule has 0 radical (unpaired) electrons. The van der Waals surface area contributed by atoms with Crippen LogP contribution in [0, 0.1) is 0 Å². The van der Waals surface area contributed by atoms with Gasteiger partial charge in [-0.1, -0.05) is 29.9 Å². The van der Waals surface area contributed by atoms with Crippen molar-refractivity contribution in [1.82, 2.24) is 4.31 Å². The average molecular weight is 305 g/mol. The first-order chi connectivity index (χ1) is 8.43. The van der Waals surface area contributed by atoms with Crippen LogP contribution in [-0.4, -0.2) is 30.8 Å². The van der Waals surface area contributed by atoms with Crippen molar-refractivity contribution in [3.8, 4) is 0 Å². The van der Waals surface area contributed by atoms with Crippen molar-refractivity contribution in [3.05, 3.63) is 28.8 Å². The topological polar surface area (TPSA) is 63.4 Å². The molecule has 1 heterocycles. The summed E-state index contributed by atoms with van der Waals surface area (Å²) in [6, 6.07) is 4.57. The van der Waals surface area contributed by atoms with Gasteiger partial charge in [-0.25, -0.2) is 8.42 Å². The summed E-state index contributed by atoms with van der Waals surface area (Å²) in [5.41, 5.74) is 6.02. The third-order valence-electron chi connectivity index (χ3n) is 2.90. The lowest BCUT2D eigenvalue weighted by molar-refractivity contribution is 0.477. The summed E-state index contributed by atoms with van der Waals surface area (Å²) in [7, 11) is -3.54. The molecule has 0 aliphatic carbocycles. The van der Waals surface area contributed by atoms with E-state index in [0.717, 1.165) is 12.8 Å². The minimum atomic E-state index is -3.54. The Balaban J connectivity index is 2.49. The lowest BCUT2D eigenvalue weighted by Gasteiger charge is -2.17. The van der Waals surface area contributed by atoms with Crippen LogP contribution in [-0.2, 0) is 10.0 Å². The van der Waals surface area contributed by atoms with Crippen LogP contribution in [0.2, 0.25) is 5.02 Å². The second kappa shape index (κ2) is 5.13. The van der Waals surface area contributed by atoms with Crippen molar-refractivity contribution in [2.45, 2.75) is 17.7 Å². The molecule has 0 spiro atoms. The van der Waals surface area contributed by atoms with E-state index in [1.807, 2.05) is 0 Å². The second-order valence-corrected chi connectivity index (χ2v) is 6.87. The van der Waals surface area contributed by atoms with Gasteiger partial charge in [0.05, 0.1) is 5.02 Å². The number of halogens is 1. The molecule has 4 nitrogen and oxygen atoms in total. The van der Waals surface area contributed by atoms with Gasteiger partial charge in [0.15, 0.2) is 0 Å². The molecule has 18 heavy (non-hydrogen) atoms. The van der Waals surface area contributed by atoms with E-state index < -0.39 is 10.0 Å². The van der Waals surface area contributed by atoms with E-state index in [4.69, 9.17) is 29.6 Å². The van der Waals surface area contributed by atoms with Gasteiger partial charge in [0.2, 0.25) is 10.0 Å². The Kier molecular flexibility index (Phi) is 3.91. The average Bonchev–Trinajstić information content (AvgIpc) is 2.82. The molecule has 1 aromatic carbocycles. The fourth-order valence-corrected chi connectivity index (χ4v) is 4.07. The second-order valence-electron chi connectivity index (χ2n) is 4.12. The smallest absolute Gasteiger partial charge is 0.244 e. The maximum absolute atomic E-state index is 12.4. The Morgan fingerprint density at radius 1 is 1.33 bits per heavy atom. The molecule has 1 fully saturated rings. The van der Waals surface area contributed by atoms with E-state index >= 15 is 0 Å². The minimum Gasteiger partial charge on any atom is -0.389 e. The van der Waals surface area contributed by atoms with Crippen molar-refractivity contribution in [2.75, 3.05) is 13.1 Å². The largest absolute Gasteiger partial charge is 0.389 e. The maximum atomic E-state index is 12.4. The molecular weight excluding hydrogens is 292 g/mol. The van der Waals surface area contributed by atoms with Crippen molar-refractivity contribution < 1.29 is 8.42 Å². The lowest BCUT2D eigenvalue weighted by Crippen LogP contribution is -2.28. The van der Waals surface area contributed by atoms with Crippen LogP contribution in [0.4, 0.5) is 0 Å². The van der Waals surface area contributed by atoms with E-state index in [0.29, 0.717) is 18.7 Å². The summed E-state index contributed by atoms with van der Waals surface area (Å²) in [6.45, 7) is 1.08. The normalized spacial score (nSPS) is 16.9. The van der Waals surface area contributed by atoms with Gasteiger partial charge in [0.1, 0.15) is 9.88 Å². The predicted molar refractivity (Wildman–Crippen MR) is 75.3 cm³/mol. The highest BCUT2D eigenvalue weighted by Gasteiger charge is 2.29. The first kappa shape index (κ1) is 13.7. The fraction of sp³-hybridized carbons (Fsp3) is 0.364. The third-order valence-corrected chi connectivity index (χ3v) is 5.51. The number of sulfonamides is 1. The summed E-state index contributed by atoms with van der Waals surface area (Å²) in [5.74, 6) is 0. The Hall–Kier alpha value is -0.690. The molecule has 0 aromatic heterocycles. The van der Waals surface area contributed by atoms with Gasteiger partial charge in [0, 0.05) is 18.7 Å². The molecule has 2 rings (SSSR count). The number of hydrogen-bond acceptors (Lipinski definition) is 3. The minimum absolute atomic E-state index is 0.0800. The summed E-state index contributed by atoms with van der Waals surface area (Å²) < 4.78 is 26.2. The highest BCUT2D eigenvalue weighted by Crippen LogP contribution is 2.28. The van der Waals surface area contributed by atoms with Crippen molar-refractivity contribution in [3.63, 3.8) is 0 Å². The van der Waals surface area contributed by atoms with Crippen LogP contribution in [0.1, 0.15) is 18.4 Å². The molecule has 1 aromatic rings.